The van der Waals surface area contributed by atoms with Gasteiger partial charge in [-0.1, -0.05) is 6.92 Å². The summed E-state index contributed by atoms with van der Waals surface area (Å²) in [6.45, 7) is 4.13. The molecule has 0 aromatic heterocycles. The highest BCUT2D eigenvalue weighted by Gasteiger charge is 2.26. The summed E-state index contributed by atoms with van der Waals surface area (Å²) < 4.78 is 27.8. The topological polar surface area (TPSA) is 122 Å². The van der Waals surface area contributed by atoms with Crippen LogP contribution in [0.2, 0.25) is 0 Å². The Hall–Kier alpha value is -1.71. The van der Waals surface area contributed by atoms with Gasteiger partial charge in [0, 0.05) is 18.7 Å². The summed E-state index contributed by atoms with van der Waals surface area (Å²) in [6.07, 6.45) is 3.41. The molecule has 1 atom stereocenters. The molecule has 1 unspecified atom stereocenters. The first-order valence-corrected chi connectivity index (χ1v) is 10.4. The summed E-state index contributed by atoms with van der Waals surface area (Å²) in [5.74, 6) is 0.601. The predicted octanol–water partition coefficient (Wildman–Crippen LogP) is 2.63. The third-order valence-electron chi connectivity index (χ3n) is 4.69. The van der Waals surface area contributed by atoms with Crippen molar-refractivity contribution in [3.8, 4) is 0 Å². The van der Waals surface area contributed by atoms with E-state index in [-0.39, 0.29) is 22.3 Å². The van der Waals surface area contributed by atoms with Crippen LogP contribution >= 0.6 is 0 Å². The zero-order valence-electron chi connectivity index (χ0n) is 15.1. The molecule has 0 amide bonds. The second-order valence-electron chi connectivity index (χ2n) is 7.08. The molecule has 1 saturated carbocycles. The van der Waals surface area contributed by atoms with E-state index in [0.717, 1.165) is 31.7 Å². The molecule has 26 heavy (non-hydrogen) atoms. The molecule has 0 spiro atoms. The zero-order chi connectivity index (χ0) is 19.3. The minimum Gasteiger partial charge on any atom is -0.393 e. The largest absolute Gasteiger partial charge is 0.393 e. The number of sulfonamides is 1. The number of aliphatic hydroxyl groups excluding tert-OH is 1. The normalized spacial score (nSPS) is 22.0. The lowest BCUT2D eigenvalue weighted by Crippen LogP contribution is -2.37. The van der Waals surface area contributed by atoms with Gasteiger partial charge in [-0.15, -0.1) is 0 Å². The van der Waals surface area contributed by atoms with Crippen LogP contribution in [-0.2, 0) is 10.0 Å². The maximum atomic E-state index is 12.6. The lowest BCUT2D eigenvalue weighted by molar-refractivity contribution is -0.384. The van der Waals surface area contributed by atoms with E-state index < -0.39 is 21.1 Å². The lowest BCUT2D eigenvalue weighted by atomic mass is 9.88. The second-order valence-corrected chi connectivity index (χ2v) is 8.79. The molecule has 2 rings (SSSR count). The monoisotopic (exact) mass is 385 g/mol. The summed E-state index contributed by atoms with van der Waals surface area (Å²) in [4.78, 5) is 10.6. The van der Waals surface area contributed by atoms with Gasteiger partial charge in [-0.25, -0.2) is 13.1 Å². The maximum Gasteiger partial charge on any atom is 0.293 e. The van der Waals surface area contributed by atoms with Crippen molar-refractivity contribution in [2.75, 3.05) is 11.9 Å². The van der Waals surface area contributed by atoms with E-state index >= 15 is 0 Å². The molecule has 0 heterocycles. The van der Waals surface area contributed by atoms with Gasteiger partial charge in [-0.3, -0.25) is 10.1 Å². The van der Waals surface area contributed by atoms with Gasteiger partial charge in [-0.05, 0) is 57.1 Å². The van der Waals surface area contributed by atoms with Crippen LogP contribution in [0.3, 0.4) is 0 Å². The molecule has 0 radical (unpaired) electrons. The Labute approximate surface area is 154 Å². The number of benzene rings is 1. The Morgan fingerprint density at radius 2 is 1.96 bits per heavy atom. The minimum atomic E-state index is -3.81. The second kappa shape index (κ2) is 8.79. The highest BCUT2D eigenvalue weighted by atomic mass is 32.2. The van der Waals surface area contributed by atoms with E-state index in [9.17, 15) is 23.6 Å². The first-order chi connectivity index (χ1) is 12.2. The van der Waals surface area contributed by atoms with Crippen molar-refractivity contribution < 1.29 is 18.4 Å². The van der Waals surface area contributed by atoms with E-state index in [1.165, 1.54) is 12.1 Å². The SMILES string of the molecule is CC(O)CCNc1ccc(S(=O)(=O)NC2CCC(C)CC2)cc1[N+](=O)[O-]. The Bertz CT molecular complexity index is 728. The van der Waals surface area contributed by atoms with Gasteiger partial charge < -0.3 is 10.4 Å². The Balaban J connectivity index is 2.15. The molecule has 3 N–H and O–H groups in total. The molecule has 1 fully saturated rings. The molecule has 1 aliphatic carbocycles. The fourth-order valence-corrected chi connectivity index (χ4v) is 4.38. The van der Waals surface area contributed by atoms with Crippen LogP contribution in [0.25, 0.3) is 0 Å². The van der Waals surface area contributed by atoms with Gasteiger partial charge in [0.2, 0.25) is 10.0 Å². The Morgan fingerprint density at radius 3 is 2.54 bits per heavy atom. The van der Waals surface area contributed by atoms with E-state index in [2.05, 4.69) is 17.0 Å². The van der Waals surface area contributed by atoms with Gasteiger partial charge in [-0.2, -0.15) is 0 Å². The Kier molecular flexibility index (Phi) is 6.96. The fourth-order valence-electron chi connectivity index (χ4n) is 3.06. The van der Waals surface area contributed by atoms with Crippen molar-refractivity contribution in [2.45, 2.75) is 63.0 Å². The number of hydrogen-bond acceptors (Lipinski definition) is 6. The number of nitrogens with one attached hydrogen (secondary N) is 2. The molecule has 1 aromatic rings. The van der Waals surface area contributed by atoms with Crippen molar-refractivity contribution in [3.05, 3.63) is 28.3 Å². The third kappa shape index (κ3) is 5.65. The average Bonchev–Trinajstić information content (AvgIpc) is 2.56. The smallest absolute Gasteiger partial charge is 0.293 e. The van der Waals surface area contributed by atoms with Crippen LogP contribution in [0.15, 0.2) is 23.1 Å². The van der Waals surface area contributed by atoms with Crippen molar-refractivity contribution in [1.82, 2.24) is 4.72 Å². The van der Waals surface area contributed by atoms with Crippen LogP contribution in [0.1, 0.15) is 46.0 Å². The number of aliphatic hydroxyl groups is 1. The van der Waals surface area contributed by atoms with Crippen LogP contribution in [0.5, 0.6) is 0 Å². The maximum absolute atomic E-state index is 12.6. The molecular weight excluding hydrogens is 358 g/mol. The van der Waals surface area contributed by atoms with E-state index in [4.69, 9.17) is 0 Å². The molecule has 1 aliphatic rings. The molecular formula is C17H27N3O5S. The molecule has 146 valence electrons. The van der Waals surface area contributed by atoms with Crippen molar-refractivity contribution in [1.29, 1.82) is 0 Å². The summed E-state index contributed by atoms with van der Waals surface area (Å²) in [6, 6.07) is 3.72. The van der Waals surface area contributed by atoms with Gasteiger partial charge in [0.15, 0.2) is 0 Å². The molecule has 0 bridgehead atoms. The molecule has 0 aliphatic heterocycles. The summed E-state index contributed by atoms with van der Waals surface area (Å²) in [7, 11) is -3.81. The fraction of sp³-hybridized carbons (Fsp3) is 0.647. The first kappa shape index (κ1) is 20.6. The van der Waals surface area contributed by atoms with Gasteiger partial charge in [0.1, 0.15) is 5.69 Å². The van der Waals surface area contributed by atoms with Crippen molar-refractivity contribution in [2.24, 2.45) is 5.92 Å². The minimum absolute atomic E-state index is 0.108. The number of nitro groups is 1. The van der Waals surface area contributed by atoms with Crippen LogP contribution in [-0.4, -0.2) is 37.1 Å². The average molecular weight is 385 g/mol. The predicted molar refractivity (Wildman–Crippen MR) is 99.6 cm³/mol. The van der Waals surface area contributed by atoms with Gasteiger partial charge in [0.05, 0.1) is 15.9 Å². The van der Waals surface area contributed by atoms with E-state index in [0.29, 0.717) is 18.9 Å². The first-order valence-electron chi connectivity index (χ1n) is 8.91. The summed E-state index contributed by atoms with van der Waals surface area (Å²) in [5, 5.41) is 23.5. The molecule has 0 saturated heterocycles. The van der Waals surface area contributed by atoms with Crippen molar-refractivity contribution >= 4 is 21.4 Å². The highest BCUT2D eigenvalue weighted by molar-refractivity contribution is 7.89. The number of rotatable bonds is 8. The van der Waals surface area contributed by atoms with E-state index in [1.807, 2.05) is 0 Å². The van der Waals surface area contributed by atoms with Crippen LogP contribution < -0.4 is 10.0 Å². The summed E-state index contributed by atoms with van der Waals surface area (Å²) in [5.41, 5.74) is -0.0585. The lowest BCUT2D eigenvalue weighted by Gasteiger charge is -2.26. The number of anilines is 1. The molecule has 8 nitrogen and oxygen atoms in total. The van der Waals surface area contributed by atoms with Gasteiger partial charge >= 0.3 is 0 Å². The number of nitro benzene ring substituents is 1. The summed E-state index contributed by atoms with van der Waals surface area (Å²) >= 11 is 0. The van der Waals surface area contributed by atoms with Crippen molar-refractivity contribution in [3.63, 3.8) is 0 Å². The third-order valence-corrected chi connectivity index (χ3v) is 6.21. The molecule has 9 heteroatoms. The zero-order valence-corrected chi connectivity index (χ0v) is 16.0. The van der Waals surface area contributed by atoms with Crippen LogP contribution in [0, 0.1) is 16.0 Å². The highest BCUT2D eigenvalue weighted by Crippen LogP contribution is 2.29. The standard InChI is InChI=1S/C17H27N3O5S/c1-12-3-5-14(6-4-12)19-26(24,25)15-7-8-16(17(11-15)20(22)23)18-10-9-13(2)21/h7-8,11-14,18-19,21H,3-6,9-10H2,1-2H3. The quantitative estimate of drug-likeness (QED) is 0.467. The van der Waals surface area contributed by atoms with Crippen LogP contribution in [0.4, 0.5) is 11.4 Å². The van der Waals surface area contributed by atoms with Gasteiger partial charge in [0.25, 0.3) is 5.69 Å². The van der Waals surface area contributed by atoms with E-state index in [1.54, 1.807) is 6.92 Å². The Morgan fingerprint density at radius 1 is 1.31 bits per heavy atom. The number of nitrogens with zero attached hydrogens (tertiary/aromatic N) is 1. The molecule has 1 aromatic carbocycles. The number of hydrogen-bond donors (Lipinski definition) is 3.